The van der Waals surface area contributed by atoms with Gasteiger partial charge in [-0.2, -0.15) is 0 Å². The quantitative estimate of drug-likeness (QED) is 0.630. The maximum Gasteiger partial charge on any atom is 0.103 e. The minimum Gasteiger partial charge on any atom is -0.386 e. The molecule has 60 valence electrons. The molecule has 0 fully saturated rings. The van der Waals surface area contributed by atoms with Crippen molar-refractivity contribution in [2.24, 2.45) is 0 Å². The summed E-state index contributed by atoms with van der Waals surface area (Å²) in [4.78, 5) is 2.85. The van der Waals surface area contributed by atoms with Crippen LogP contribution in [0.2, 0.25) is 0 Å². The molecule has 2 nitrogen and oxygen atoms in total. The largest absolute Gasteiger partial charge is 0.386 e. The van der Waals surface area contributed by atoms with E-state index in [1.165, 1.54) is 0 Å². The van der Waals surface area contributed by atoms with Gasteiger partial charge in [0, 0.05) is 6.20 Å². The molecule has 0 amide bonds. The van der Waals surface area contributed by atoms with E-state index in [1.54, 1.807) is 26.1 Å². The molecule has 0 aliphatic heterocycles. The van der Waals surface area contributed by atoms with Crippen LogP contribution in [0.3, 0.4) is 0 Å². The van der Waals surface area contributed by atoms with Crippen LogP contribution in [0.1, 0.15) is 19.4 Å². The van der Waals surface area contributed by atoms with E-state index in [1.807, 2.05) is 6.07 Å². The number of aromatic amines is 1. The monoisotopic (exact) mass is 169 g/mol. The molecular weight excluding hydrogens is 158 g/mol. The first-order valence-electron chi connectivity index (χ1n) is 3.42. The Hall–Kier alpha value is -0.670. The van der Waals surface area contributed by atoms with Crippen molar-refractivity contribution in [3.8, 4) is 0 Å². The van der Waals surface area contributed by atoms with Gasteiger partial charge in [0.05, 0.1) is 5.60 Å². The van der Waals surface area contributed by atoms with Gasteiger partial charge >= 0.3 is 0 Å². The molecule has 0 saturated carbocycles. The van der Waals surface area contributed by atoms with Gasteiger partial charge in [0.15, 0.2) is 0 Å². The number of hydrogen-bond acceptors (Lipinski definition) is 2. The van der Waals surface area contributed by atoms with Gasteiger partial charge in [-0.15, -0.1) is 0 Å². The topological polar surface area (TPSA) is 36.0 Å². The number of rotatable bonds is 1. The molecule has 0 aromatic carbocycles. The molecule has 0 unspecified atom stereocenters. The normalized spacial score (nSPS) is 11.5. The van der Waals surface area contributed by atoms with Crippen molar-refractivity contribution in [3.63, 3.8) is 0 Å². The summed E-state index contributed by atoms with van der Waals surface area (Å²) in [6, 6.07) is 3.57. The standard InChI is InChI=1S/C8H11NOS/c1-8(2,10)6-3-4-9-7(11)5-6/h3-5,10H,1-2H3,(H,9,11). The van der Waals surface area contributed by atoms with Crippen molar-refractivity contribution in [1.29, 1.82) is 0 Å². The summed E-state index contributed by atoms with van der Waals surface area (Å²) in [5.41, 5.74) is 0.0316. The summed E-state index contributed by atoms with van der Waals surface area (Å²) in [5.74, 6) is 0. The van der Waals surface area contributed by atoms with Crippen LogP contribution in [-0.4, -0.2) is 10.1 Å². The van der Waals surface area contributed by atoms with Gasteiger partial charge in [0.25, 0.3) is 0 Å². The van der Waals surface area contributed by atoms with Crippen molar-refractivity contribution in [2.45, 2.75) is 19.4 Å². The van der Waals surface area contributed by atoms with Crippen molar-refractivity contribution in [3.05, 3.63) is 28.5 Å². The molecule has 1 heterocycles. The third kappa shape index (κ3) is 2.13. The molecule has 0 aliphatic rings. The lowest BCUT2D eigenvalue weighted by atomic mass is 10.0. The Morgan fingerprint density at radius 3 is 2.55 bits per heavy atom. The molecule has 0 saturated heterocycles. The summed E-state index contributed by atoms with van der Waals surface area (Å²) < 4.78 is 0.643. The Bertz CT molecular complexity index is 297. The average molecular weight is 169 g/mol. The number of H-pyrrole nitrogens is 1. The molecule has 2 N–H and O–H groups in total. The number of aliphatic hydroxyl groups is 1. The van der Waals surface area contributed by atoms with Crippen molar-refractivity contribution in [2.75, 3.05) is 0 Å². The zero-order chi connectivity index (χ0) is 8.48. The van der Waals surface area contributed by atoms with Crippen LogP contribution in [0.15, 0.2) is 18.3 Å². The Labute approximate surface area is 70.9 Å². The number of pyridine rings is 1. The van der Waals surface area contributed by atoms with Gasteiger partial charge in [-0.05, 0) is 31.5 Å². The van der Waals surface area contributed by atoms with Gasteiger partial charge in [0.1, 0.15) is 4.64 Å². The summed E-state index contributed by atoms with van der Waals surface area (Å²) in [5, 5.41) is 9.55. The molecule has 0 spiro atoms. The van der Waals surface area contributed by atoms with Crippen LogP contribution >= 0.6 is 12.2 Å². The highest BCUT2D eigenvalue weighted by Gasteiger charge is 2.14. The number of nitrogens with one attached hydrogen (secondary N) is 1. The first-order valence-corrected chi connectivity index (χ1v) is 3.82. The lowest BCUT2D eigenvalue weighted by Crippen LogP contribution is -2.15. The molecule has 0 bridgehead atoms. The van der Waals surface area contributed by atoms with Crippen LogP contribution in [0, 0.1) is 4.64 Å². The van der Waals surface area contributed by atoms with E-state index in [9.17, 15) is 5.11 Å². The highest BCUT2D eigenvalue weighted by molar-refractivity contribution is 7.71. The van der Waals surface area contributed by atoms with Crippen molar-refractivity contribution in [1.82, 2.24) is 4.98 Å². The van der Waals surface area contributed by atoms with Crippen LogP contribution in [0.4, 0.5) is 0 Å². The minimum atomic E-state index is -0.803. The maximum absolute atomic E-state index is 9.55. The summed E-state index contributed by atoms with van der Waals surface area (Å²) in [7, 11) is 0. The van der Waals surface area contributed by atoms with Crippen LogP contribution < -0.4 is 0 Å². The Morgan fingerprint density at radius 2 is 2.18 bits per heavy atom. The first kappa shape index (κ1) is 8.43. The fraction of sp³-hybridized carbons (Fsp3) is 0.375. The Kier molecular flexibility index (Phi) is 2.11. The molecule has 1 aromatic heterocycles. The third-order valence-electron chi connectivity index (χ3n) is 1.48. The second kappa shape index (κ2) is 2.75. The van der Waals surface area contributed by atoms with E-state index in [0.29, 0.717) is 4.64 Å². The molecule has 0 radical (unpaired) electrons. The fourth-order valence-electron chi connectivity index (χ4n) is 0.825. The first-order chi connectivity index (χ1) is 5.00. The highest BCUT2D eigenvalue weighted by Crippen LogP contribution is 2.17. The SMILES string of the molecule is CC(C)(O)c1cc[nH]c(=S)c1. The molecule has 1 rings (SSSR count). The maximum atomic E-state index is 9.55. The molecule has 1 aromatic rings. The zero-order valence-electron chi connectivity index (χ0n) is 6.59. The zero-order valence-corrected chi connectivity index (χ0v) is 7.40. The highest BCUT2D eigenvalue weighted by atomic mass is 32.1. The number of hydrogen-bond donors (Lipinski definition) is 2. The lowest BCUT2D eigenvalue weighted by molar-refractivity contribution is 0.0784. The fourth-order valence-corrected chi connectivity index (χ4v) is 1.02. The van der Waals surface area contributed by atoms with Crippen molar-refractivity contribution < 1.29 is 5.11 Å². The van der Waals surface area contributed by atoms with Gasteiger partial charge in [-0.25, -0.2) is 0 Å². The summed E-state index contributed by atoms with van der Waals surface area (Å²) >= 11 is 4.90. The summed E-state index contributed by atoms with van der Waals surface area (Å²) in [6.07, 6.45) is 1.73. The predicted molar refractivity (Wildman–Crippen MR) is 46.9 cm³/mol. The third-order valence-corrected chi connectivity index (χ3v) is 1.72. The van der Waals surface area contributed by atoms with E-state index in [2.05, 4.69) is 4.98 Å². The molecule has 3 heteroatoms. The van der Waals surface area contributed by atoms with E-state index in [4.69, 9.17) is 12.2 Å². The van der Waals surface area contributed by atoms with Gasteiger partial charge in [-0.3, -0.25) is 0 Å². The van der Waals surface area contributed by atoms with E-state index < -0.39 is 5.60 Å². The van der Waals surface area contributed by atoms with Gasteiger partial charge in [0.2, 0.25) is 0 Å². The summed E-state index contributed by atoms with van der Waals surface area (Å²) in [6.45, 7) is 3.47. The average Bonchev–Trinajstić information content (AvgIpc) is 1.86. The van der Waals surface area contributed by atoms with E-state index >= 15 is 0 Å². The number of aromatic nitrogens is 1. The second-order valence-electron chi connectivity index (χ2n) is 3.00. The van der Waals surface area contributed by atoms with Crippen LogP contribution in [0.25, 0.3) is 0 Å². The smallest absolute Gasteiger partial charge is 0.103 e. The lowest BCUT2D eigenvalue weighted by Gasteiger charge is -2.16. The molecule has 11 heavy (non-hydrogen) atoms. The Morgan fingerprint density at radius 1 is 1.55 bits per heavy atom. The molecule has 0 atom stereocenters. The van der Waals surface area contributed by atoms with Crippen LogP contribution in [-0.2, 0) is 5.60 Å². The van der Waals surface area contributed by atoms with Gasteiger partial charge < -0.3 is 10.1 Å². The Balaban J connectivity index is 3.16. The minimum absolute atomic E-state index is 0.643. The van der Waals surface area contributed by atoms with E-state index in [0.717, 1.165) is 5.56 Å². The van der Waals surface area contributed by atoms with Crippen LogP contribution in [0.5, 0.6) is 0 Å². The van der Waals surface area contributed by atoms with Gasteiger partial charge in [-0.1, -0.05) is 12.2 Å². The molecular formula is C8H11NOS. The second-order valence-corrected chi connectivity index (χ2v) is 3.44. The predicted octanol–water partition coefficient (Wildman–Crippen LogP) is 1.97. The van der Waals surface area contributed by atoms with E-state index in [-0.39, 0.29) is 0 Å². The molecule has 0 aliphatic carbocycles. The van der Waals surface area contributed by atoms with Crippen molar-refractivity contribution >= 4 is 12.2 Å².